The molecule has 0 fully saturated rings. The van der Waals surface area contributed by atoms with Crippen molar-refractivity contribution in [3.63, 3.8) is 0 Å². The van der Waals surface area contributed by atoms with E-state index in [9.17, 15) is 13.2 Å². The standard InChI is InChI=1S/C16H15Cl3N2O4S/c1-10(16(22)20-23)21(9-11-4-2-3-5-13(11)18)26(24,25)15-8-12(17)6-7-14(15)19/h2-8,10,23H,9H2,1H3,(H,20,22). The van der Waals surface area contributed by atoms with Crippen LogP contribution in [0.2, 0.25) is 15.1 Å². The Morgan fingerprint density at radius 1 is 1.15 bits per heavy atom. The van der Waals surface area contributed by atoms with Crippen LogP contribution in [-0.2, 0) is 21.4 Å². The first-order valence-electron chi connectivity index (χ1n) is 7.32. The Kier molecular flexibility index (Phi) is 6.90. The van der Waals surface area contributed by atoms with E-state index in [0.29, 0.717) is 10.6 Å². The Labute approximate surface area is 166 Å². The molecule has 0 saturated carbocycles. The number of carbonyl (C=O) groups is 1. The van der Waals surface area contributed by atoms with Crippen molar-refractivity contribution in [1.29, 1.82) is 0 Å². The number of benzene rings is 2. The number of halogens is 3. The molecule has 140 valence electrons. The second kappa shape index (κ2) is 8.56. The van der Waals surface area contributed by atoms with Gasteiger partial charge in [-0.05, 0) is 36.8 Å². The molecule has 0 aliphatic rings. The van der Waals surface area contributed by atoms with Gasteiger partial charge in [-0.1, -0.05) is 53.0 Å². The average Bonchev–Trinajstić information content (AvgIpc) is 2.61. The molecule has 26 heavy (non-hydrogen) atoms. The number of amides is 1. The molecule has 0 heterocycles. The van der Waals surface area contributed by atoms with Crippen LogP contribution in [0.1, 0.15) is 12.5 Å². The molecular formula is C16H15Cl3N2O4S. The van der Waals surface area contributed by atoms with Crippen LogP contribution in [0.25, 0.3) is 0 Å². The third-order valence-corrected chi connectivity index (χ3v) is 6.69. The fraction of sp³-hybridized carbons (Fsp3) is 0.188. The number of rotatable bonds is 6. The Balaban J connectivity index is 2.57. The van der Waals surface area contributed by atoms with Crippen LogP contribution in [0.15, 0.2) is 47.4 Å². The highest BCUT2D eigenvalue weighted by Crippen LogP contribution is 2.30. The summed E-state index contributed by atoms with van der Waals surface area (Å²) in [5.74, 6) is -0.904. The van der Waals surface area contributed by atoms with Gasteiger partial charge in [0.15, 0.2) is 0 Å². The highest BCUT2D eigenvalue weighted by molar-refractivity contribution is 7.89. The van der Waals surface area contributed by atoms with E-state index in [2.05, 4.69) is 0 Å². The Morgan fingerprint density at radius 3 is 2.42 bits per heavy atom. The van der Waals surface area contributed by atoms with E-state index < -0.39 is 22.0 Å². The van der Waals surface area contributed by atoms with Gasteiger partial charge < -0.3 is 0 Å². The maximum Gasteiger partial charge on any atom is 0.261 e. The van der Waals surface area contributed by atoms with Crippen LogP contribution in [0.5, 0.6) is 0 Å². The smallest absolute Gasteiger partial charge is 0.261 e. The normalized spacial score (nSPS) is 12.8. The van der Waals surface area contributed by atoms with Crippen molar-refractivity contribution in [2.45, 2.75) is 24.4 Å². The Hall–Kier alpha value is -1.35. The van der Waals surface area contributed by atoms with Gasteiger partial charge in [0.2, 0.25) is 10.0 Å². The highest BCUT2D eigenvalue weighted by atomic mass is 35.5. The van der Waals surface area contributed by atoms with Gasteiger partial charge >= 0.3 is 0 Å². The summed E-state index contributed by atoms with van der Waals surface area (Å²) in [5, 5.41) is 9.38. The van der Waals surface area contributed by atoms with E-state index >= 15 is 0 Å². The largest absolute Gasteiger partial charge is 0.289 e. The van der Waals surface area contributed by atoms with Crippen LogP contribution in [0.3, 0.4) is 0 Å². The van der Waals surface area contributed by atoms with E-state index in [1.807, 2.05) is 0 Å². The van der Waals surface area contributed by atoms with Crippen LogP contribution >= 0.6 is 34.8 Å². The summed E-state index contributed by atoms with van der Waals surface area (Å²) in [6, 6.07) is 9.38. The third-order valence-electron chi connectivity index (χ3n) is 3.69. The van der Waals surface area contributed by atoms with Gasteiger partial charge in [-0.3, -0.25) is 10.0 Å². The summed E-state index contributed by atoms with van der Waals surface area (Å²) in [4.78, 5) is 11.6. The van der Waals surface area contributed by atoms with Gasteiger partial charge in [0.25, 0.3) is 5.91 Å². The van der Waals surface area contributed by atoms with Gasteiger partial charge in [0.05, 0.1) is 5.02 Å². The molecule has 0 spiro atoms. The lowest BCUT2D eigenvalue weighted by Crippen LogP contribution is -2.46. The lowest BCUT2D eigenvalue weighted by molar-refractivity contribution is -0.132. The molecule has 1 unspecified atom stereocenters. The molecular weight excluding hydrogens is 423 g/mol. The lowest BCUT2D eigenvalue weighted by atomic mass is 10.2. The second-order valence-corrected chi connectivity index (χ2v) is 8.48. The molecule has 1 atom stereocenters. The van der Waals surface area contributed by atoms with Crippen molar-refractivity contribution >= 4 is 50.7 Å². The molecule has 10 heteroatoms. The zero-order chi connectivity index (χ0) is 19.5. The zero-order valence-corrected chi connectivity index (χ0v) is 16.6. The van der Waals surface area contributed by atoms with Crippen molar-refractivity contribution in [3.05, 3.63) is 63.1 Å². The number of nitrogens with one attached hydrogen (secondary N) is 1. The van der Waals surface area contributed by atoms with E-state index in [0.717, 1.165) is 4.31 Å². The summed E-state index contributed by atoms with van der Waals surface area (Å²) in [6.45, 7) is 1.12. The molecule has 2 aromatic rings. The van der Waals surface area contributed by atoms with Crippen LogP contribution in [0.4, 0.5) is 0 Å². The number of hydroxylamine groups is 1. The molecule has 1 amide bonds. The van der Waals surface area contributed by atoms with Crippen molar-refractivity contribution in [2.24, 2.45) is 0 Å². The van der Waals surface area contributed by atoms with Crippen molar-refractivity contribution in [1.82, 2.24) is 9.79 Å². The Bertz CT molecular complexity index is 921. The van der Waals surface area contributed by atoms with E-state index in [-0.39, 0.29) is 21.5 Å². The number of carbonyl (C=O) groups excluding carboxylic acids is 1. The van der Waals surface area contributed by atoms with E-state index in [1.54, 1.807) is 24.3 Å². The lowest BCUT2D eigenvalue weighted by Gasteiger charge is -2.27. The van der Waals surface area contributed by atoms with Crippen molar-refractivity contribution in [3.8, 4) is 0 Å². The minimum Gasteiger partial charge on any atom is -0.289 e. The van der Waals surface area contributed by atoms with E-state index in [4.69, 9.17) is 40.0 Å². The topological polar surface area (TPSA) is 86.7 Å². The second-order valence-electron chi connectivity index (χ2n) is 5.37. The number of sulfonamides is 1. The van der Waals surface area contributed by atoms with Crippen molar-refractivity contribution in [2.75, 3.05) is 0 Å². The molecule has 6 nitrogen and oxygen atoms in total. The minimum atomic E-state index is -4.24. The molecule has 0 radical (unpaired) electrons. The molecule has 2 aromatic carbocycles. The molecule has 0 saturated heterocycles. The summed E-state index contributed by atoms with van der Waals surface area (Å²) < 4.78 is 27.2. The SMILES string of the molecule is CC(C(=O)NO)N(Cc1ccccc1Cl)S(=O)(=O)c1cc(Cl)ccc1Cl. The van der Waals surface area contributed by atoms with Crippen LogP contribution in [-0.4, -0.2) is 29.9 Å². The fourth-order valence-corrected chi connectivity index (χ4v) is 4.76. The number of nitrogens with zero attached hydrogens (tertiary/aromatic N) is 1. The monoisotopic (exact) mass is 436 g/mol. The predicted molar refractivity (Wildman–Crippen MR) is 100 cm³/mol. The molecule has 2 rings (SSSR count). The summed E-state index contributed by atoms with van der Waals surface area (Å²) in [5.41, 5.74) is 1.94. The van der Waals surface area contributed by atoms with Gasteiger partial charge in [-0.15, -0.1) is 0 Å². The van der Waals surface area contributed by atoms with Gasteiger partial charge in [-0.25, -0.2) is 13.9 Å². The first-order valence-corrected chi connectivity index (χ1v) is 9.90. The van der Waals surface area contributed by atoms with Crippen molar-refractivity contribution < 1.29 is 18.4 Å². The minimum absolute atomic E-state index is 0.0461. The average molecular weight is 438 g/mol. The van der Waals surface area contributed by atoms with Gasteiger partial charge in [0, 0.05) is 16.6 Å². The van der Waals surface area contributed by atoms with Gasteiger partial charge in [0.1, 0.15) is 10.9 Å². The molecule has 0 bridgehead atoms. The summed E-state index contributed by atoms with van der Waals surface area (Å²) in [7, 11) is -4.24. The Morgan fingerprint density at radius 2 is 1.81 bits per heavy atom. The summed E-state index contributed by atoms with van der Waals surface area (Å²) >= 11 is 18.1. The molecule has 0 aliphatic carbocycles. The van der Waals surface area contributed by atoms with Crippen LogP contribution < -0.4 is 5.48 Å². The third kappa shape index (κ3) is 4.49. The zero-order valence-electron chi connectivity index (χ0n) is 13.5. The number of hydrogen-bond donors (Lipinski definition) is 2. The van der Waals surface area contributed by atoms with Gasteiger partial charge in [-0.2, -0.15) is 4.31 Å². The molecule has 0 aromatic heterocycles. The number of hydrogen-bond acceptors (Lipinski definition) is 4. The predicted octanol–water partition coefficient (Wildman–Crippen LogP) is 3.73. The quantitative estimate of drug-likeness (QED) is 0.532. The molecule has 2 N–H and O–H groups in total. The first kappa shape index (κ1) is 21.0. The summed E-state index contributed by atoms with van der Waals surface area (Å²) in [6.07, 6.45) is 0. The highest BCUT2D eigenvalue weighted by Gasteiger charge is 2.35. The first-order chi connectivity index (χ1) is 12.2. The van der Waals surface area contributed by atoms with Crippen LogP contribution in [0, 0.1) is 0 Å². The molecule has 0 aliphatic heterocycles. The maximum atomic E-state index is 13.2. The van der Waals surface area contributed by atoms with E-state index in [1.165, 1.54) is 30.6 Å². The maximum absolute atomic E-state index is 13.2. The fourth-order valence-electron chi connectivity index (χ4n) is 2.25.